The van der Waals surface area contributed by atoms with Gasteiger partial charge in [0, 0.05) is 43.0 Å². The van der Waals surface area contributed by atoms with Crippen LogP contribution in [0.4, 0.5) is 10.1 Å². The molecular weight excluding hydrogens is 1180 g/mol. The van der Waals surface area contributed by atoms with Gasteiger partial charge in [-0.1, -0.05) is 89.2 Å². The van der Waals surface area contributed by atoms with E-state index in [0.29, 0.717) is 85.8 Å². The Morgan fingerprint density at radius 3 is 1.93 bits per heavy atom. The van der Waals surface area contributed by atoms with Crippen LogP contribution in [0.5, 0.6) is 5.75 Å². The largest absolute Gasteiger partial charge is 0.491 e. The molecule has 0 bridgehead atoms. The number of aromatic nitrogens is 2. The van der Waals surface area contributed by atoms with Gasteiger partial charge in [-0.25, -0.2) is 9.37 Å². The summed E-state index contributed by atoms with van der Waals surface area (Å²) in [6.07, 6.45) is -3.61. The Kier molecular flexibility index (Phi) is 27.0. The van der Waals surface area contributed by atoms with Crippen molar-refractivity contribution in [3.63, 3.8) is 0 Å². The van der Waals surface area contributed by atoms with Crippen LogP contribution in [0.2, 0.25) is 0 Å². The Balaban J connectivity index is 0.758. The first-order valence-electron chi connectivity index (χ1n) is 30.3. The van der Waals surface area contributed by atoms with E-state index in [0.717, 1.165) is 27.3 Å². The molecule has 90 heavy (non-hydrogen) atoms. The van der Waals surface area contributed by atoms with E-state index in [4.69, 9.17) is 33.5 Å². The molecule has 7 N–H and O–H groups in total. The van der Waals surface area contributed by atoms with E-state index in [1.807, 2.05) is 101 Å². The third-order valence-electron chi connectivity index (χ3n) is 14.9. The molecule has 1 saturated heterocycles. The zero-order chi connectivity index (χ0) is 64.7. The number of carbonyl (C=O) groups excluding carboxylic acids is 4. The maximum absolute atomic E-state index is 14.6. The minimum absolute atomic E-state index is 0.0369. The molecule has 0 spiro atoms. The number of likely N-dealkylation sites (tertiary alicyclic amines) is 1. The number of carbonyl (C=O) groups is 5. The smallest absolute Gasteiger partial charge is 0.305 e. The number of aliphatic carboxylic acids is 1. The number of anilines is 1. The van der Waals surface area contributed by atoms with E-state index >= 15 is 0 Å². The molecule has 21 nitrogen and oxygen atoms in total. The summed E-state index contributed by atoms with van der Waals surface area (Å²) in [7, 11) is 0. The van der Waals surface area contributed by atoms with E-state index in [1.165, 1.54) is 17.0 Å². The second-order valence-corrected chi connectivity index (χ2v) is 24.2. The monoisotopic (exact) mass is 1260 g/mol. The first kappa shape index (κ1) is 70.0. The molecule has 1 aliphatic rings. The van der Waals surface area contributed by atoms with Gasteiger partial charge in [-0.3, -0.25) is 24.0 Å². The maximum atomic E-state index is 14.6. The van der Waals surface area contributed by atoms with Crippen LogP contribution in [0.15, 0.2) is 109 Å². The molecule has 1 fully saturated rings. The Labute approximate surface area is 528 Å². The van der Waals surface area contributed by atoms with E-state index in [2.05, 4.69) is 20.9 Å². The maximum Gasteiger partial charge on any atom is 0.305 e. The predicted octanol–water partition coefficient (Wildman–Crippen LogP) is 8.02. The first-order valence-corrected chi connectivity index (χ1v) is 31.2. The average molecular weight is 1270 g/mol. The lowest BCUT2D eigenvalue weighted by Crippen LogP contribution is -2.58. The Bertz CT molecular complexity index is 3250. The molecule has 3 heterocycles. The van der Waals surface area contributed by atoms with Gasteiger partial charge in [0.25, 0.3) is 5.91 Å². The molecule has 1 aliphatic heterocycles. The molecule has 0 saturated carbocycles. The van der Waals surface area contributed by atoms with Gasteiger partial charge in [0.05, 0.1) is 112 Å². The van der Waals surface area contributed by atoms with Gasteiger partial charge in [0.15, 0.2) is 0 Å². The van der Waals surface area contributed by atoms with Gasteiger partial charge < -0.3 is 74.3 Å². The summed E-state index contributed by atoms with van der Waals surface area (Å²) in [6, 6.07) is 28.3. The number of carboxylic acids is 1. The molecule has 5 atom stereocenters. The highest BCUT2D eigenvalue weighted by Gasteiger charge is 2.44. The van der Waals surface area contributed by atoms with Crippen LogP contribution in [-0.2, 0) is 56.0 Å². The van der Waals surface area contributed by atoms with Crippen molar-refractivity contribution in [3.05, 3.63) is 137 Å². The van der Waals surface area contributed by atoms with Crippen molar-refractivity contribution < 1.29 is 77.2 Å². The lowest BCUT2D eigenvalue weighted by molar-refractivity contribution is -0.144. The third kappa shape index (κ3) is 20.8. The average Bonchev–Trinajstić information content (AvgIpc) is 1.62. The van der Waals surface area contributed by atoms with Crippen molar-refractivity contribution in [2.45, 2.75) is 117 Å². The molecule has 6 aromatic rings. The highest BCUT2D eigenvalue weighted by Crippen LogP contribution is 2.43. The number of benzene rings is 4. The number of ether oxygens (including phenoxy) is 6. The molecule has 7 rings (SSSR count). The van der Waals surface area contributed by atoms with Gasteiger partial charge in [0.2, 0.25) is 17.7 Å². The molecule has 2 aromatic heterocycles. The Morgan fingerprint density at radius 1 is 0.756 bits per heavy atom. The standard InChI is InChI=1S/C67H85FN6O15S/c1-43(2)60-59(58(46-10-8-7-9-11-46)61(47-16-18-49(68)19-17-47)73(60)25-24-51(75)36-52(76)38-57(79)80)65(82)71-50-20-22-54(23-21-50)89-35-34-87-31-30-85-27-26-84-28-29-86-32-33-88-41-56(78)72-63(67(4,5)6)66(83)74-40-53(77)37-55(74)64(81)69-39-45-12-14-48(15-13-45)62-44(3)70-42-90-62/h7-23,42-43,51-53,55,63,75-77H,24-41H2,1-6H3,(H,69,81)(H,71,82)(H,72,78)(H,79,80)/t51-,52-,53-,55+,63-/m1/s1. The summed E-state index contributed by atoms with van der Waals surface area (Å²) >= 11 is 1.56. The van der Waals surface area contributed by atoms with Crippen molar-refractivity contribution in [3.8, 4) is 38.6 Å². The van der Waals surface area contributed by atoms with Crippen molar-refractivity contribution in [1.82, 2.24) is 25.1 Å². The van der Waals surface area contributed by atoms with Crippen LogP contribution in [0.1, 0.15) is 93.5 Å². The van der Waals surface area contributed by atoms with Crippen LogP contribution in [-0.4, -0.2) is 174 Å². The lowest BCUT2D eigenvalue weighted by Gasteiger charge is -2.35. The molecule has 0 unspecified atom stereocenters. The molecular formula is C67H85FN6O15S. The van der Waals surface area contributed by atoms with Crippen LogP contribution < -0.4 is 20.7 Å². The summed E-state index contributed by atoms with van der Waals surface area (Å²) in [4.78, 5) is 73.0. The van der Waals surface area contributed by atoms with Gasteiger partial charge in [-0.05, 0) is 102 Å². The summed E-state index contributed by atoms with van der Waals surface area (Å²) in [6.45, 7) is 14.3. The van der Waals surface area contributed by atoms with Gasteiger partial charge >= 0.3 is 5.97 Å². The van der Waals surface area contributed by atoms with Gasteiger partial charge in [-0.2, -0.15) is 0 Å². The normalized spacial score (nSPS) is 15.2. The number of aliphatic hydroxyl groups is 3. The summed E-state index contributed by atoms with van der Waals surface area (Å²) in [5, 5.41) is 49.7. The number of hydrogen-bond acceptors (Lipinski definition) is 16. The van der Waals surface area contributed by atoms with E-state index < -0.39 is 65.8 Å². The van der Waals surface area contributed by atoms with E-state index in [9.17, 15) is 43.7 Å². The fourth-order valence-electron chi connectivity index (χ4n) is 10.6. The van der Waals surface area contributed by atoms with Crippen molar-refractivity contribution in [1.29, 1.82) is 0 Å². The summed E-state index contributed by atoms with van der Waals surface area (Å²) in [5.41, 5.74) is 8.19. The second kappa shape index (κ2) is 34.7. The first-order chi connectivity index (χ1) is 43.2. The summed E-state index contributed by atoms with van der Waals surface area (Å²) in [5.74, 6) is -2.99. The lowest BCUT2D eigenvalue weighted by atomic mass is 9.85. The number of β-amino-alcohol motifs (C(OH)–C–C–N with tert-alkyl or cyclic N) is 1. The SMILES string of the molecule is Cc1ncsc1-c1ccc(CNC(=O)[C@@H]2C[C@@H](O)CN2C(=O)[C@@H](NC(=O)COCCOCCOCCOCCOCCOc2ccc(NC(=O)c3c(-c4ccccc4)c(-c4ccc(F)cc4)n(CC[C@@H](O)C[C@@H](O)CC(=O)O)c3C(C)C)cc2)C(C)(C)C)cc1. The van der Waals surface area contributed by atoms with E-state index in [-0.39, 0.29) is 83.1 Å². The van der Waals surface area contributed by atoms with Crippen molar-refractivity contribution >= 4 is 46.6 Å². The van der Waals surface area contributed by atoms with Gasteiger partial charge in [0.1, 0.15) is 36.9 Å². The van der Waals surface area contributed by atoms with Crippen LogP contribution in [0, 0.1) is 18.2 Å². The minimum atomic E-state index is -1.24. The zero-order valence-corrected chi connectivity index (χ0v) is 52.8. The summed E-state index contributed by atoms with van der Waals surface area (Å²) < 4.78 is 50.2. The third-order valence-corrected chi connectivity index (χ3v) is 15.9. The number of aliphatic hydroxyl groups excluding tert-OH is 3. The molecule has 486 valence electrons. The quantitative estimate of drug-likeness (QED) is 0.0183. The number of nitrogens with one attached hydrogen (secondary N) is 3. The van der Waals surface area contributed by atoms with Crippen molar-refractivity contribution in [2.75, 3.05) is 84.5 Å². The molecule has 0 radical (unpaired) electrons. The number of halogens is 1. The number of thiazole rings is 1. The number of hydrogen-bond donors (Lipinski definition) is 7. The fraction of sp³-hybridized carbons (Fsp3) is 0.463. The van der Waals surface area contributed by atoms with Gasteiger partial charge in [-0.15, -0.1) is 11.3 Å². The zero-order valence-electron chi connectivity index (χ0n) is 52.0. The van der Waals surface area contributed by atoms with E-state index in [1.54, 1.807) is 53.2 Å². The Morgan fingerprint density at radius 2 is 1.36 bits per heavy atom. The molecule has 0 aliphatic carbocycles. The predicted molar refractivity (Wildman–Crippen MR) is 338 cm³/mol. The van der Waals surface area contributed by atoms with Crippen LogP contribution >= 0.6 is 11.3 Å². The van der Waals surface area contributed by atoms with Crippen LogP contribution in [0.25, 0.3) is 32.8 Å². The fourth-order valence-corrected chi connectivity index (χ4v) is 11.4. The van der Waals surface area contributed by atoms with Crippen LogP contribution in [0.3, 0.4) is 0 Å². The Hall–Kier alpha value is -7.45. The number of rotatable bonds is 36. The number of aryl methyl sites for hydroxylation is 1. The number of amides is 4. The molecule has 23 heteroatoms. The molecule has 4 aromatic carbocycles. The second-order valence-electron chi connectivity index (χ2n) is 23.4. The highest BCUT2D eigenvalue weighted by atomic mass is 32.1. The topological polar surface area (TPSA) is 279 Å². The van der Waals surface area contributed by atoms with Crippen molar-refractivity contribution in [2.24, 2.45) is 5.41 Å². The number of carboxylic acid groups (broad SMARTS) is 1. The number of nitrogens with zero attached hydrogens (tertiary/aromatic N) is 3. The molecule has 4 amide bonds. The minimum Gasteiger partial charge on any atom is -0.491 e. The highest BCUT2D eigenvalue weighted by molar-refractivity contribution is 7.13.